The molecule has 1 rings (SSSR count). The van der Waals surface area contributed by atoms with Gasteiger partial charge in [0.2, 0.25) is 35.4 Å². The molecule has 0 radical (unpaired) electrons. The van der Waals surface area contributed by atoms with Crippen molar-refractivity contribution in [3.05, 3.63) is 0 Å². The van der Waals surface area contributed by atoms with Crippen molar-refractivity contribution in [2.45, 2.75) is 77.0 Å². The summed E-state index contributed by atoms with van der Waals surface area (Å²) in [6.07, 6.45) is 0.889. The van der Waals surface area contributed by atoms with Crippen molar-refractivity contribution in [1.82, 2.24) is 26.2 Å². The molecule has 1 saturated heterocycles. The molecule has 38 heavy (non-hydrogen) atoms. The van der Waals surface area contributed by atoms with E-state index in [1.54, 1.807) is 13.8 Å². The Bertz CT molecular complexity index is 912. The molecule has 214 valence electrons. The number of nitrogens with one attached hydrogen (secondary N) is 4. The maximum Gasteiger partial charge on any atom is 0.326 e. The van der Waals surface area contributed by atoms with Crippen molar-refractivity contribution >= 4 is 41.4 Å². The summed E-state index contributed by atoms with van der Waals surface area (Å²) in [5.41, 5.74) is 10.4. The molecule has 1 aliphatic rings. The number of carboxylic acid groups (broad SMARTS) is 1. The fourth-order valence-electron chi connectivity index (χ4n) is 3.90. The molecule has 1 fully saturated rings. The molecule has 9 N–H and O–H groups in total. The lowest BCUT2D eigenvalue weighted by atomic mass is 9.98. The summed E-state index contributed by atoms with van der Waals surface area (Å²) < 4.78 is 0. The lowest BCUT2D eigenvalue weighted by Gasteiger charge is -2.27. The number of likely N-dealkylation sites (tertiary alicyclic amines) is 1. The zero-order chi connectivity index (χ0) is 29.0. The van der Waals surface area contributed by atoms with E-state index in [1.165, 1.54) is 6.92 Å². The van der Waals surface area contributed by atoms with Gasteiger partial charge in [0, 0.05) is 13.0 Å². The van der Waals surface area contributed by atoms with Gasteiger partial charge in [-0.15, -0.1) is 0 Å². The Morgan fingerprint density at radius 1 is 1.00 bits per heavy atom. The van der Waals surface area contributed by atoms with Crippen LogP contribution in [0.5, 0.6) is 0 Å². The topological polar surface area (TPSA) is 243 Å². The first-order valence-electron chi connectivity index (χ1n) is 12.5. The largest absolute Gasteiger partial charge is 0.480 e. The second-order valence-electron chi connectivity index (χ2n) is 9.24. The summed E-state index contributed by atoms with van der Waals surface area (Å²) in [7, 11) is 0. The molecule has 6 amide bonds. The maximum absolute atomic E-state index is 13.0. The summed E-state index contributed by atoms with van der Waals surface area (Å²) >= 11 is 0. The van der Waals surface area contributed by atoms with Crippen LogP contribution in [0, 0.1) is 5.92 Å². The van der Waals surface area contributed by atoms with Gasteiger partial charge in [-0.05, 0) is 32.1 Å². The third-order valence-corrected chi connectivity index (χ3v) is 6.31. The van der Waals surface area contributed by atoms with Crippen LogP contribution in [0.4, 0.5) is 0 Å². The highest BCUT2D eigenvalue weighted by Gasteiger charge is 2.37. The number of amides is 6. The summed E-state index contributed by atoms with van der Waals surface area (Å²) in [6, 6.07) is -4.23. The smallest absolute Gasteiger partial charge is 0.326 e. The summed E-state index contributed by atoms with van der Waals surface area (Å²) in [6.45, 7) is 4.29. The molecule has 1 heterocycles. The van der Waals surface area contributed by atoms with Gasteiger partial charge in [0.15, 0.2) is 0 Å². The van der Waals surface area contributed by atoms with Crippen LogP contribution >= 0.6 is 0 Å². The average Bonchev–Trinajstić information content (AvgIpc) is 3.37. The predicted molar refractivity (Wildman–Crippen MR) is 134 cm³/mol. The molecular weight excluding hydrogens is 502 g/mol. The van der Waals surface area contributed by atoms with E-state index in [2.05, 4.69) is 21.3 Å². The minimum Gasteiger partial charge on any atom is -0.480 e. The van der Waals surface area contributed by atoms with Crippen molar-refractivity contribution in [2.75, 3.05) is 19.6 Å². The van der Waals surface area contributed by atoms with Crippen LogP contribution in [-0.4, -0.2) is 95.2 Å². The van der Waals surface area contributed by atoms with Crippen LogP contribution in [0.25, 0.3) is 0 Å². The van der Waals surface area contributed by atoms with Gasteiger partial charge < -0.3 is 42.7 Å². The van der Waals surface area contributed by atoms with Crippen molar-refractivity contribution in [1.29, 1.82) is 0 Å². The number of carbonyl (C=O) groups excluding carboxylic acids is 6. The third-order valence-electron chi connectivity index (χ3n) is 6.31. The molecule has 0 aliphatic carbocycles. The van der Waals surface area contributed by atoms with E-state index < -0.39 is 72.1 Å². The Kier molecular flexibility index (Phi) is 13.2. The number of aliphatic carboxylic acids is 1. The molecule has 0 unspecified atom stereocenters. The van der Waals surface area contributed by atoms with Crippen LogP contribution in [0.3, 0.4) is 0 Å². The normalized spacial score (nSPS) is 17.9. The number of carboxylic acids is 1. The molecule has 0 aromatic heterocycles. The minimum atomic E-state index is -1.22. The van der Waals surface area contributed by atoms with Crippen molar-refractivity contribution in [2.24, 2.45) is 17.4 Å². The van der Waals surface area contributed by atoms with Gasteiger partial charge >= 0.3 is 5.97 Å². The standard InChI is InChI=1S/C23H39N7O8/c1-4-12(2)19(29-20(34)13(3)27-17(32)10-24)21(35)26-11-18(33)28-14(7-8-16(25)31)22(36)30-9-5-6-15(30)23(37)38/h12-15,19H,4-11,24H2,1-3H3,(H2,25,31)(H,26,35)(H,27,32)(H,28,33)(H,29,34)(H,37,38)/t12-,13-,14-,15-,19-/m0/s1. The fourth-order valence-corrected chi connectivity index (χ4v) is 3.90. The molecule has 0 saturated carbocycles. The molecule has 0 bridgehead atoms. The Morgan fingerprint density at radius 2 is 1.66 bits per heavy atom. The zero-order valence-corrected chi connectivity index (χ0v) is 22.0. The van der Waals surface area contributed by atoms with Gasteiger partial charge in [-0.1, -0.05) is 20.3 Å². The van der Waals surface area contributed by atoms with Crippen molar-refractivity contribution in [3.8, 4) is 0 Å². The van der Waals surface area contributed by atoms with Gasteiger partial charge in [-0.25, -0.2) is 4.79 Å². The van der Waals surface area contributed by atoms with E-state index >= 15 is 0 Å². The Labute approximate surface area is 220 Å². The molecule has 15 nitrogen and oxygen atoms in total. The Hall–Kier alpha value is -3.75. The number of nitrogens with zero attached hydrogens (tertiary/aromatic N) is 1. The van der Waals surface area contributed by atoms with Gasteiger partial charge in [0.1, 0.15) is 24.2 Å². The minimum absolute atomic E-state index is 0.144. The number of rotatable bonds is 15. The number of primary amides is 1. The number of carbonyl (C=O) groups is 7. The third kappa shape index (κ3) is 9.95. The van der Waals surface area contributed by atoms with E-state index in [1.807, 2.05) is 0 Å². The van der Waals surface area contributed by atoms with Gasteiger partial charge in [-0.2, -0.15) is 0 Å². The van der Waals surface area contributed by atoms with E-state index in [4.69, 9.17) is 11.5 Å². The first-order valence-corrected chi connectivity index (χ1v) is 12.5. The average molecular weight is 542 g/mol. The molecule has 15 heteroatoms. The molecular formula is C23H39N7O8. The van der Waals surface area contributed by atoms with Crippen LogP contribution in [0.2, 0.25) is 0 Å². The zero-order valence-electron chi connectivity index (χ0n) is 22.0. The highest BCUT2D eigenvalue weighted by Crippen LogP contribution is 2.19. The molecule has 0 spiro atoms. The first-order chi connectivity index (χ1) is 17.8. The van der Waals surface area contributed by atoms with Gasteiger partial charge in [-0.3, -0.25) is 28.8 Å². The van der Waals surface area contributed by atoms with Crippen LogP contribution < -0.4 is 32.7 Å². The quantitative estimate of drug-likeness (QED) is 0.111. The summed E-state index contributed by atoms with van der Waals surface area (Å²) in [5, 5.41) is 19.2. The molecule has 0 aromatic carbocycles. The monoisotopic (exact) mass is 541 g/mol. The second kappa shape index (κ2) is 15.5. The van der Waals surface area contributed by atoms with Crippen LogP contribution in [0.1, 0.15) is 52.9 Å². The van der Waals surface area contributed by atoms with Gasteiger partial charge in [0.25, 0.3) is 0 Å². The Balaban J connectivity index is 2.84. The van der Waals surface area contributed by atoms with Crippen molar-refractivity contribution < 1.29 is 38.7 Å². The molecule has 0 aromatic rings. The number of hydrogen-bond donors (Lipinski definition) is 7. The highest BCUT2D eigenvalue weighted by atomic mass is 16.4. The first kappa shape index (κ1) is 32.3. The number of hydrogen-bond acceptors (Lipinski definition) is 8. The van der Waals surface area contributed by atoms with Gasteiger partial charge in [0.05, 0.1) is 13.1 Å². The molecule has 5 atom stereocenters. The van der Waals surface area contributed by atoms with E-state index in [0.717, 1.165) is 4.90 Å². The number of nitrogens with two attached hydrogens (primary N) is 2. The predicted octanol–water partition coefficient (Wildman–Crippen LogP) is -3.08. The van der Waals surface area contributed by atoms with Crippen LogP contribution in [0.15, 0.2) is 0 Å². The fraction of sp³-hybridized carbons (Fsp3) is 0.696. The SMILES string of the molecule is CC[C@H](C)[C@H](NC(=O)[C@H](C)NC(=O)CN)C(=O)NCC(=O)N[C@@H](CCC(N)=O)C(=O)N1CCC[C@H]1C(=O)O. The lowest BCUT2D eigenvalue weighted by molar-refractivity contribution is -0.149. The van der Waals surface area contributed by atoms with E-state index in [-0.39, 0.29) is 38.3 Å². The lowest BCUT2D eigenvalue weighted by Crippen LogP contribution is -2.57. The van der Waals surface area contributed by atoms with E-state index in [9.17, 15) is 38.7 Å². The summed E-state index contributed by atoms with van der Waals surface area (Å²) in [4.78, 5) is 86.2. The summed E-state index contributed by atoms with van der Waals surface area (Å²) in [5.74, 6) is -5.44. The Morgan fingerprint density at radius 3 is 2.21 bits per heavy atom. The second-order valence-corrected chi connectivity index (χ2v) is 9.24. The van der Waals surface area contributed by atoms with E-state index in [0.29, 0.717) is 12.8 Å². The van der Waals surface area contributed by atoms with Crippen LogP contribution in [-0.2, 0) is 33.6 Å². The molecule has 1 aliphatic heterocycles. The maximum atomic E-state index is 13.0. The van der Waals surface area contributed by atoms with Crippen molar-refractivity contribution in [3.63, 3.8) is 0 Å². The highest BCUT2D eigenvalue weighted by molar-refractivity contribution is 5.95.